The van der Waals surface area contributed by atoms with Crippen LogP contribution in [0.2, 0.25) is 0 Å². The number of nitrogens with zero attached hydrogens (tertiary/aromatic N) is 1. The molecule has 1 atom stereocenters. The van der Waals surface area contributed by atoms with E-state index < -0.39 is 0 Å². The van der Waals surface area contributed by atoms with Crippen LogP contribution in [0.1, 0.15) is 64.2 Å². The Morgan fingerprint density at radius 2 is 1.67 bits per heavy atom. The Labute approximate surface area is 128 Å². The SMILES string of the molecule is NC(CN1CCCCCC1=O)C12CC3CC(CC(C3)C1)C2. The highest BCUT2D eigenvalue weighted by molar-refractivity contribution is 5.76. The number of hydrogen-bond donors (Lipinski definition) is 1. The largest absolute Gasteiger partial charge is 0.341 e. The first kappa shape index (κ1) is 14.0. The first-order valence-electron chi connectivity index (χ1n) is 9.18. The van der Waals surface area contributed by atoms with Gasteiger partial charge in [-0.2, -0.15) is 0 Å². The summed E-state index contributed by atoms with van der Waals surface area (Å²) in [5.74, 6) is 3.19. The molecule has 4 saturated carbocycles. The maximum atomic E-state index is 12.2. The van der Waals surface area contributed by atoms with E-state index in [4.69, 9.17) is 5.73 Å². The zero-order chi connectivity index (χ0) is 14.4. The molecule has 1 aliphatic heterocycles. The molecule has 5 rings (SSSR count). The van der Waals surface area contributed by atoms with Gasteiger partial charge in [0.05, 0.1) is 0 Å². The van der Waals surface area contributed by atoms with E-state index in [1.165, 1.54) is 51.4 Å². The van der Waals surface area contributed by atoms with Crippen LogP contribution in [0.3, 0.4) is 0 Å². The summed E-state index contributed by atoms with van der Waals surface area (Å²) in [4.78, 5) is 14.3. The van der Waals surface area contributed by atoms with Crippen molar-refractivity contribution in [2.75, 3.05) is 13.1 Å². The lowest BCUT2D eigenvalue weighted by atomic mass is 9.48. The van der Waals surface area contributed by atoms with Gasteiger partial charge in [0.25, 0.3) is 0 Å². The van der Waals surface area contributed by atoms with Crippen molar-refractivity contribution in [3.05, 3.63) is 0 Å². The molecule has 3 heteroatoms. The fourth-order valence-electron chi connectivity index (χ4n) is 6.29. The fraction of sp³-hybridized carbons (Fsp3) is 0.944. The Hall–Kier alpha value is -0.570. The summed E-state index contributed by atoms with van der Waals surface area (Å²) >= 11 is 0. The van der Waals surface area contributed by atoms with Crippen LogP contribution < -0.4 is 5.73 Å². The molecule has 118 valence electrons. The molecule has 21 heavy (non-hydrogen) atoms. The first-order chi connectivity index (χ1) is 10.1. The quantitative estimate of drug-likeness (QED) is 0.868. The summed E-state index contributed by atoms with van der Waals surface area (Å²) in [5.41, 5.74) is 7.10. The summed E-state index contributed by atoms with van der Waals surface area (Å²) < 4.78 is 0. The van der Waals surface area contributed by atoms with Gasteiger partial charge in [-0.1, -0.05) is 6.42 Å². The van der Waals surface area contributed by atoms with Gasteiger partial charge in [0, 0.05) is 25.6 Å². The van der Waals surface area contributed by atoms with E-state index in [1.807, 2.05) is 0 Å². The van der Waals surface area contributed by atoms with Crippen LogP contribution in [0.15, 0.2) is 0 Å². The van der Waals surface area contributed by atoms with Crippen molar-refractivity contribution in [3.8, 4) is 0 Å². The number of carbonyl (C=O) groups excluding carboxylic acids is 1. The molecular formula is C18H30N2O. The third-order valence-corrected chi connectivity index (χ3v) is 6.96. The van der Waals surface area contributed by atoms with E-state index >= 15 is 0 Å². The Bertz CT molecular complexity index is 384. The van der Waals surface area contributed by atoms with Gasteiger partial charge >= 0.3 is 0 Å². The summed E-state index contributed by atoms with van der Waals surface area (Å²) in [6, 6.07) is 0.216. The highest BCUT2D eigenvalue weighted by Gasteiger charge is 2.53. The zero-order valence-electron chi connectivity index (χ0n) is 13.2. The van der Waals surface area contributed by atoms with Crippen molar-refractivity contribution < 1.29 is 4.79 Å². The van der Waals surface area contributed by atoms with Crippen LogP contribution in [0, 0.1) is 23.2 Å². The molecule has 0 aromatic heterocycles. The highest BCUT2D eigenvalue weighted by atomic mass is 16.2. The average Bonchev–Trinajstić information content (AvgIpc) is 2.62. The molecule has 1 heterocycles. The van der Waals surface area contributed by atoms with Gasteiger partial charge < -0.3 is 10.6 Å². The number of amides is 1. The zero-order valence-corrected chi connectivity index (χ0v) is 13.2. The summed E-state index contributed by atoms with van der Waals surface area (Å²) in [5, 5.41) is 0. The van der Waals surface area contributed by atoms with Crippen molar-refractivity contribution in [2.45, 2.75) is 70.3 Å². The topological polar surface area (TPSA) is 46.3 Å². The van der Waals surface area contributed by atoms with Gasteiger partial charge in [0.1, 0.15) is 0 Å². The number of hydrogen-bond acceptors (Lipinski definition) is 2. The van der Waals surface area contributed by atoms with Gasteiger partial charge in [0.2, 0.25) is 5.91 Å². The molecule has 1 amide bonds. The van der Waals surface area contributed by atoms with Crippen molar-refractivity contribution in [2.24, 2.45) is 28.9 Å². The normalized spacial score (nSPS) is 44.0. The maximum absolute atomic E-state index is 12.2. The lowest BCUT2D eigenvalue weighted by molar-refractivity contribution is -0.132. The van der Waals surface area contributed by atoms with Crippen molar-refractivity contribution in [1.82, 2.24) is 4.90 Å². The van der Waals surface area contributed by atoms with E-state index in [9.17, 15) is 4.79 Å². The van der Waals surface area contributed by atoms with Crippen LogP contribution in [0.25, 0.3) is 0 Å². The Morgan fingerprint density at radius 1 is 1.05 bits per heavy atom. The second-order valence-electron chi connectivity index (χ2n) is 8.54. The Kier molecular flexibility index (Phi) is 3.52. The number of rotatable bonds is 3. The summed E-state index contributed by atoms with van der Waals surface area (Å²) in [6.07, 6.45) is 12.6. The second kappa shape index (κ2) is 5.26. The third-order valence-electron chi connectivity index (χ3n) is 6.96. The minimum absolute atomic E-state index is 0.216. The second-order valence-corrected chi connectivity index (χ2v) is 8.54. The molecule has 0 spiro atoms. The highest BCUT2D eigenvalue weighted by Crippen LogP contribution is 2.61. The predicted molar refractivity (Wildman–Crippen MR) is 83.6 cm³/mol. The molecule has 4 aliphatic carbocycles. The number of carbonyl (C=O) groups is 1. The molecule has 1 saturated heterocycles. The molecule has 1 unspecified atom stereocenters. The van der Waals surface area contributed by atoms with Crippen LogP contribution in [-0.4, -0.2) is 29.9 Å². The molecule has 5 fully saturated rings. The molecule has 5 aliphatic rings. The lowest BCUT2D eigenvalue weighted by Crippen LogP contribution is -2.58. The van der Waals surface area contributed by atoms with E-state index in [1.54, 1.807) is 0 Å². The number of likely N-dealkylation sites (tertiary alicyclic amines) is 1. The fourth-order valence-corrected chi connectivity index (χ4v) is 6.29. The predicted octanol–water partition coefficient (Wildman–Crippen LogP) is 2.93. The smallest absolute Gasteiger partial charge is 0.222 e. The van der Waals surface area contributed by atoms with Gasteiger partial charge in [0.15, 0.2) is 0 Å². The van der Waals surface area contributed by atoms with E-state index in [-0.39, 0.29) is 6.04 Å². The minimum Gasteiger partial charge on any atom is -0.341 e. The molecule has 0 aromatic rings. The monoisotopic (exact) mass is 290 g/mol. The average molecular weight is 290 g/mol. The van der Waals surface area contributed by atoms with E-state index in [0.717, 1.165) is 43.7 Å². The maximum Gasteiger partial charge on any atom is 0.222 e. The standard InChI is InChI=1S/C18H30N2O/c19-16(12-20-5-3-1-2-4-17(20)21)18-9-13-6-14(10-18)8-15(7-13)11-18/h13-16H,1-12,19H2. The van der Waals surface area contributed by atoms with Crippen LogP contribution in [0.4, 0.5) is 0 Å². The molecule has 0 aromatic carbocycles. The third kappa shape index (κ3) is 2.52. The molecule has 3 nitrogen and oxygen atoms in total. The first-order valence-corrected chi connectivity index (χ1v) is 9.18. The summed E-state index contributed by atoms with van der Waals surface area (Å²) in [7, 11) is 0. The van der Waals surface area contributed by atoms with Crippen LogP contribution >= 0.6 is 0 Å². The van der Waals surface area contributed by atoms with Crippen LogP contribution in [0.5, 0.6) is 0 Å². The van der Waals surface area contributed by atoms with E-state index in [0.29, 0.717) is 11.3 Å². The molecule has 0 radical (unpaired) electrons. The summed E-state index contributed by atoms with van der Waals surface area (Å²) in [6.45, 7) is 1.77. The van der Waals surface area contributed by atoms with Crippen molar-refractivity contribution >= 4 is 5.91 Å². The molecular weight excluding hydrogens is 260 g/mol. The van der Waals surface area contributed by atoms with E-state index in [2.05, 4.69) is 4.90 Å². The van der Waals surface area contributed by atoms with Gasteiger partial charge in [-0.05, 0) is 74.5 Å². The van der Waals surface area contributed by atoms with Crippen molar-refractivity contribution in [3.63, 3.8) is 0 Å². The Morgan fingerprint density at radius 3 is 2.29 bits per heavy atom. The van der Waals surface area contributed by atoms with Gasteiger partial charge in [-0.3, -0.25) is 4.79 Å². The van der Waals surface area contributed by atoms with Gasteiger partial charge in [-0.15, -0.1) is 0 Å². The number of nitrogens with two attached hydrogens (primary N) is 1. The molecule has 2 N–H and O–H groups in total. The lowest BCUT2D eigenvalue weighted by Gasteiger charge is -2.59. The minimum atomic E-state index is 0.216. The van der Waals surface area contributed by atoms with Crippen molar-refractivity contribution in [1.29, 1.82) is 0 Å². The van der Waals surface area contributed by atoms with Gasteiger partial charge in [-0.25, -0.2) is 0 Å². The Balaban J connectivity index is 1.47. The molecule has 4 bridgehead atoms. The van der Waals surface area contributed by atoms with Crippen LogP contribution in [-0.2, 0) is 4.79 Å².